The van der Waals surface area contributed by atoms with Crippen LogP contribution < -0.4 is 0 Å². The van der Waals surface area contributed by atoms with Gasteiger partial charge in [0.2, 0.25) is 0 Å². The number of amides is 1. The maximum Gasteiger partial charge on any atom is 0.305 e. The third kappa shape index (κ3) is 3.60. The van der Waals surface area contributed by atoms with Crippen LogP contribution in [0.1, 0.15) is 35.4 Å². The van der Waals surface area contributed by atoms with E-state index in [2.05, 4.69) is 0 Å². The number of ether oxygens (including phenoxy) is 1. The van der Waals surface area contributed by atoms with Crippen molar-refractivity contribution in [3.05, 3.63) is 23.7 Å². The summed E-state index contributed by atoms with van der Waals surface area (Å²) in [4.78, 5) is 24.4. The molecule has 0 radical (unpaired) electrons. The molecule has 1 amide bonds. The second-order valence-corrected chi connectivity index (χ2v) is 4.94. The molecule has 2 heterocycles. The Morgan fingerprint density at radius 1 is 1.45 bits per heavy atom. The van der Waals surface area contributed by atoms with Crippen LogP contribution in [0.4, 0.5) is 0 Å². The molecule has 1 saturated heterocycles. The zero-order chi connectivity index (χ0) is 14.5. The highest BCUT2D eigenvalue weighted by molar-refractivity contribution is 5.92. The monoisotopic (exact) mass is 281 g/mol. The van der Waals surface area contributed by atoms with Crippen LogP contribution in [-0.4, -0.2) is 47.7 Å². The predicted molar refractivity (Wildman–Crippen MR) is 70.6 cm³/mol. The Balaban J connectivity index is 1.78. The standard InChI is InChI=1S/C14H19NO5/c1-10-4-8-20-13(10)14(18)15-6-2-11(3-7-15)19-9-5-12(16)17/h4,8,11H,2-3,5-7,9H2,1H3,(H,16,17). The van der Waals surface area contributed by atoms with Gasteiger partial charge in [-0.3, -0.25) is 9.59 Å². The number of nitrogens with zero attached hydrogens (tertiary/aromatic N) is 1. The summed E-state index contributed by atoms with van der Waals surface area (Å²) >= 11 is 0. The van der Waals surface area contributed by atoms with Gasteiger partial charge in [0.15, 0.2) is 5.76 Å². The largest absolute Gasteiger partial charge is 0.481 e. The van der Waals surface area contributed by atoms with Crippen LogP contribution in [0.15, 0.2) is 16.7 Å². The van der Waals surface area contributed by atoms with Gasteiger partial charge in [-0.1, -0.05) is 0 Å². The zero-order valence-corrected chi connectivity index (χ0v) is 11.5. The number of carboxylic acid groups (broad SMARTS) is 1. The fourth-order valence-corrected chi connectivity index (χ4v) is 2.27. The Bertz CT molecular complexity index is 474. The predicted octanol–water partition coefficient (Wildman–Crippen LogP) is 1.68. The van der Waals surface area contributed by atoms with E-state index in [4.69, 9.17) is 14.3 Å². The third-order valence-electron chi connectivity index (χ3n) is 3.46. The first-order valence-corrected chi connectivity index (χ1v) is 6.74. The van der Waals surface area contributed by atoms with Crippen molar-refractivity contribution in [1.82, 2.24) is 4.90 Å². The minimum absolute atomic E-state index is 0.0186. The summed E-state index contributed by atoms with van der Waals surface area (Å²) in [5.74, 6) is -0.544. The smallest absolute Gasteiger partial charge is 0.305 e. The Hall–Kier alpha value is -1.82. The highest BCUT2D eigenvalue weighted by atomic mass is 16.5. The molecule has 1 N–H and O–H groups in total. The van der Waals surface area contributed by atoms with Crippen molar-refractivity contribution < 1.29 is 23.8 Å². The van der Waals surface area contributed by atoms with Crippen LogP contribution in [0, 0.1) is 6.92 Å². The fourth-order valence-electron chi connectivity index (χ4n) is 2.27. The van der Waals surface area contributed by atoms with E-state index in [-0.39, 0.29) is 25.0 Å². The molecule has 1 aromatic heterocycles. The van der Waals surface area contributed by atoms with Crippen molar-refractivity contribution in [1.29, 1.82) is 0 Å². The number of likely N-dealkylation sites (tertiary alicyclic amines) is 1. The number of carbonyl (C=O) groups is 2. The molecular weight excluding hydrogens is 262 g/mol. The summed E-state index contributed by atoms with van der Waals surface area (Å²) in [6.45, 7) is 3.29. The molecule has 0 unspecified atom stereocenters. The lowest BCUT2D eigenvalue weighted by atomic mass is 10.1. The molecule has 110 valence electrons. The Labute approximate surface area is 117 Å². The van der Waals surface area contributed by atoms with Gasteiger partial charge >= 0.3 is 5.97 Å². The molecule has 0 atom stereocenters. The van der Waals surface area contributed by atoms with Gasteiger partial charge in [-0.05, 0) is 25.8 Å². The molecule has 0 bridgehead atoms. The molecule has 20 heavy (non-hydrogen) atoms. The van der Waals surface area contributed by atoms with E-state index in [0.29, 0.717) is 18.8 Å². The number of carbonyl (C=O) groups excluding carboxylic acids is 1. The second kappa shape index (κ2) is 6.56. The topological polar surface area (TPSA) is 80.0 Å². The number of furan rings is 1. The van der Waals surface area contributed by atoms with Gasteiger partial charge in [0.25, 0.3) is 5.91 Å². The summed E-state index contributed by atoms with van der Waals surface area (Å²) in [6.07, 6.45) is 3.03. The summed E-state index contributed by atoms with van der Waals surface area (Å²) in [6, 6.07) is 1.77. The minimum Gasteiger partial charge on any atom is -0.481 e. The van der Waals surface area contributed by atoms with Crippen LogP contribution in [-0.2, 0) is 9.53 Å². The normalized spacial score (nSPS) is 16.4. The van der Waals surface area contributed by atoms with E-state index in [1.165, 1.54) is 6.26 Å². The molecule has 0 saturated carbocycles. The summed E-state index contributed by atoms with van der Waals surface area (Å²) in [5.41, 5.74) is 0.842. The minimum atomic E-state index is -0.856. The van der Waals surface area contributed by atoms with Crippen molar-refractivity contribution in [2.75, 3.05) is 19.7 Å². The Morgan fingerprint density at radius 3 is 2.70 bits per heavy atom. The van der Waals surface area contributed by atoms with Gasteiger partial charge in [-0.15, -0.1) is 0 Å². The van der Waals surface area contributed by atoms with Gasteiger partial charge < -0.3 is 19.2 Å². The number of rotatable bonds is 5. The fraction of sp³-hybridized carbons (Fsp3) is 0.571. The van der Waals surface area contributed by atoms with Crippen LogP contribution in [0.25, 0.3) is 0 Å². The highest BCUT2D eigenvalue weighted by Gasteiger charge is 2.26. The molecular formula is C14H19NO5. The lowest BCUT2D eigenvalue weighted by molar-refractivity contribution is -0.138. The summed E-state index contributed by atoms with van der Waals surface area (Å²) in [7, 11) is 0. The molecule has 0 aromatic carbocycles. The van der Waals surface area contributed by atoms with Gasteiger partial charge in [-0.2, -0.15) is 0 Å². The van der Waals surface area contributed by atoms with Crippen molar-refractivity contribution in [2.24, 2.45) is 0 Å². The lowest BCUT2D eigenvalue weighted by Crippen LogP contribution is -2.41. The van der Waals surface area contributed by atoms with Crippen LogP contribution in [0.3, 0.4) is 0 Å². The number of carboxylic acids is 1. The first-order valence-electron chi connectivity index (χ1n) is 6.74. The number of hydrogen-bond acceptors (Lipinski definition) is 4. The quantitative estimate of drug-likeness (QED) is 0.888. The van der Waals surface area contributed by atoms with E-state index >= 15 is 0 Å². The van der Waals surface area contributed by atoms with Gasteiger partial charge in [-0.25, -0.2) is 0 Å². The molecule has 0 spiro atoms. The number of aliphatic carboxylic acids is 1. The number of aryl methyl sites for hydroxylation is 1. The maximum absolute atomic E-state index is 12.2. The van der Waals surface area contributed by atoms with Gasteiger partial charge in [0.05, 0.1) is 25.4 Å². The maximum atomic E-state index is 12.2. The highest BCUT2D eigenvalue weighted by Crippen LogP contribution is 2.18. The third-order valence-corrected chi connectivity index (χ3v) is 3.46. The second-order valence-electron chi connectivity index (χ2n) is 4.94. The van der Waals surface area contributed by atoms with E-state index in [0.717, 1.165) is 18.4 Å². The average molecular weight is 281 g/mol. The summed E-state index contributed by atoms with van der Waals surface area (Å²) in [5, 5.41) is 8.55. The van der Waals surface area contributed by atoms with E-state index in [1.807, 2.05) is 6.92 Å². The first kappa shape index (κ1) is 14.6. The number of hydrogen-bond donors (Lipinski definition) is 1. The molecule has 1 aliphatic heterocycles. The van der Waals surface area contributed by atoms with Gasteiger partial charge in [0.1, 0.15) is 0 Å². The first-order chi connectivity index (χ1) is 9.58. The molecule has 1 fully saturated rings. The SMILES string of the molecule is Cc1ccoc1C(=O)N1CCC(OCCC(=O)O)CC1. The molecule has 1 aromatic rings. The van der Waals surface area contributed by atoms with Crippen molar-refractivity contribution in [3.63, 3.8) is 0 Å². The Morgan fingerprint density at radius 2 is 2.15 bits per heavy atom. The van der Waals surface area contributed by atoms with E-state index < -0.39 is 5.97 Å². The summed E-state index contributed by atoms with van der Waals surface area (Å²) < 4.78 is 10.7. The van der Waals surface area contributed by atoms with E-state index in [9.17, 15) is 9.59 Å². The molecule has 6 heteroatoms. The van der Waals surface area contributed by atoms with Crippen LogP contribution in [0.5, 0.6) is 0 Å². The number of piperidine rings is 1. The Kier molecular flexibility index (Phi) is 4.79. The van der Waals surface area contributed by atoms with E-state index in [1.54, 1.807) is 11.0 Å². The van der Waals surface area contributed by atoms with Crippen molar-refractivity contribution in [3.8, 4) is 0 Å². The zero-order valence-electron chi connectivity index (χ0n) is 11.5. The molecule has 1 aliphatic rings. The van der Waals surface area contributed by atoms with Crippen molar-refractivity contribution >= 4 is 11.9 Å². The molecule has 6 nitrogen and oxygen atoms in total. The van der Waals surface area contributed by atoms with Gasteiger partial charge in [0, 0.05) is 18.7 Å². The van der Waals surface area contributed by atoms with Crippen LogP contribution >= 0.6 is 0 Å². The molecule has 0 aliphatic carbocycles. The average Bonchev–Trinajstić information content (AvgIpc) is 2.84. The van der Waals surface area contributed by atoms with Crippen LogP contribution in [0.2, 0.25) is 0 Å². The van der Waals surface area contributed by atoms with Crippen molar-refractivity contribution in [2.45, 2.75) is 32.3 Å². The molecule has 2 rings (SSSR count). The lowest BCUT2D eigenvalue weighted by Gasteiger charge is -2.31.